The van der Waals surface area contributed by atoms with Crippen molar-refractivity contribution in [3.63, 3.8) is 0 Å². The molecule has 1 amide bonds. The lowest BCUT2D eigenvalue weighted by molar-refractivity contribution is 0.0600. The molecule has 306 valence electrons. The largest absolute Gasteiger partial charge is 0.465 e. The lowest BCUT2D eigenvalue weighted by Gasteiger charge is -2.32. The van der Waals surface area contributed by atoms with Gasteiger partial charge in [-0.25, -0.2) is 4.79 Å². The number of aromatic nitrogens is 1. The first kappa shape index (κ1) is 44.8. The average Bonchev–Trinajstić information content (AvgIpc) is 3.74. The van der Waals surface area contributed by atoms with E-state index in [0.29, 0.717) is 17.4 Å². The normalized spacial score (nSPS) is 17.0. The number of aryl methyl sites for hydroxylation is 2. The Hall–Kier alpha value is -2.87. The van der Waals surface area contributed by atoms with E-state index in [1.807, 2.05) is 30.7 Å². The average molecular weight is 797 g/mol. The second-order valence-electron chi connectivity index (χ2n) is 15.7. The molecular formula is C43H68N6O4S2. The number of methoxy groups -OCH3 is 1. The number of thiophene rings is 2. The molecule has 0 bridgehead atoms. The number of rotatable bonds is 16. The number of aromatic amines is 1. The number of ether oxygens (including phenoxy) is 1. The molecule has 0 saturated carbocycles. The number of H-pyrrole nitrogens is 1. The lowest BCUT2D eigenvalue weighted by Crippen LogP contribution is -2.44. The highest BCUT2D eigenvalue weighted by molar-refractivity contribution is 7.10. The Kier molecular flexibility index (Phi) is 18.1. The van der Waals surface area contributed by atoms with Crippen LogP contribution in [0.2, 0.25) is 0 Å². The standard InChI is InChI=1S/C25H38N4O2S.C18H30N2O2S/c1-6-20(8-7-9-29-12-10-28(5)11-13-29)23-19(4)22(16-32-23)24(30)26-15-21-17(2)14-18(3)27-25(21)31;1-5-15(7-6-8-20-11-9-19(3)10-12-20)17-14(2)16(13-23-17)18(21)22-4/h14,16,20H,6-13,15H2,1-5H3,(H,26,30)(H,27,31);13,15H,5-12H2,1-4H3. The molecule has 2 aliphatic rings. The second kappa shape index (κ2) is 22.2. The van der Waals surface area contributed by atoms with Crippen LogP contribution in [0.25, 0.3) is 0 Å². The van der Waals surface area contributed by atoms with Gasteiger partial charge >= 0.3 is 5.97 Å². The minimum absolute atomic E-state index is 0.100. The maximum Gasteiger partial charge on any atom is 0.338 e. The molecule has 2 N–H and O–H groups in total. The molecule has 2 unspecified atom stereocenters. The van der Waals surface area contributed by atoms with Crippen LogP contribution in [0.1, 0.15) is 123 Å². The summed E-state index contributed by atoms with van der Waals surface area (Å²) >= 11 is 3.42. The van der Waals surface area contributed by atoms with Crippen molar-refractivity contribution in [1.82, 2.24) is 29.9 Å². The highest BCUT2D eigenvalue weighted by Crippen LogP contribution is 2.36. The molecule has 2 saturated heterocycles. The van der Waals surface area contributed by atoms with Gasteiger partial charge in [-0.3, -0.25) is 9.59 Å². The van der Waals surface area contributed by atoms with Gasteiger partial charge in [-0.1, -0.05) is 13.8 Å². The van der Waals surface area contributed by atoms with E-state index in [1.165, 1.54) is 81.9 Å². The Balaban J connectivity index is 0.000000258. The van der Waals surface area contributed by atoms with Gasteiger partial charge in [-0.2, -0.15) is 0 Å². The van der Waals surface area contributed by atoms with Crippen molar-refractivity contribution in [3.05, 3.63) is 76.0 Å². The summed E-state index contributed by atoms with van der Waals surface area (Å²) < 4.78 is 4.87. The molecule has 5 heterocycles. The predicted molar refractivity (Wildman–Crippen MR) is 230 cm³/mol. The summed E-state index contributed by atoms with van der Waals surface area (Å²) in [6, 6.07) is 1.94. The van der Waals surface area contributed by atoms with Crippen LogP contribution in [-0.2, 0) is 11.3 Å². The van der Waals surface area contributed by atoms with E-state index in [4.69, 9.17) is 4.74 Å². The quantitative estimate of drug-likeness (QED) is 0.147. The van der Waals surface area contributed by atoms with E-state index in [1.54, 1.807) is 22.7 Å². The van der Waals surface area contributed by atoms with Crippen LogP contribution in [0, 0.1) is 27.7 Å². The number of piperazine rings is 2. The molecule has 5 rings (SSSR count). The van der Waals surface area contributed by atoms with E-state index < -0.39 is 0 Å². The first-order chi connectivity index (χ1) is 26.4. The van der Waals surface area contributed by atoms with E-state index in [9.17, 15) is 14.4 Å². The summed E-state index contributed by atoms with van der Waals surface area (Å²) in [6.07, 6.45) is 6.99. The third-order valence-electron chi connectivity index (χ3n) is 11.7. The van der Waals surface area contributed by atoms with Crippen LogP contribution in [0.3, 0.4) is 0 Å². The van der Waals surface area contributed by atoms with Gasteiger partial charge in [-0.15, -0.1) is 22.7 Å². The van der Waals surface area contributed by atoms with Crippen molar-refractivity contribution in [1.29, 1.82) is 0 Å². The zero-order valence-corrected chi connectivity index (χ0v) is 36.8. The van der Waals surface area contributed by atoms with Crippen LogP contribution in [0.4, 0.5) is 0 Å². The van der Waals surface area contributed by atoms with Gasteiger partial charge in [0.15, 0.2) is 0 Å². The molecule has 2 aliphatic heterocycles. The Morgan fingerprint density at radius 2 is 1.25 bits per heavy atom. The fourth-order valence-corrected chi connectivity index (χ4v) is 10.4. The molecule has 2 fully saturated rings. The van der Waals surface area contributed by atoms with Crippen molar-refractivity contribution in [2.45, 2.75) is 98.4 Å². The summed E-state index contributed by atoms with van der Waals surface area (Å²) in [7, 11) is 5.84. The monoisotopic (exact) mass is 796 g/mol. The molecule has 2 atom stereocenters. The van der Waals surface area contributed by atoms with Crippen molar-refractivity contribution in [2.75, 3.05) is 86.7 Å². The Morgan fingerprint density at radius 3 is 1.71 bits per heavy atom. The van der Waals surface area contributed by atoms with Crippen LogP contribution < -0.4 is 10.9 Å². The Bertz CT molecular complexity index is 1720. The topological polar surface area (TPSA) is 101 Å². The van der Waals surface area contributed by atoms with Crippen LogP contribution in [0.5, 0.6) is 0 Å². The maximum atomic E-state index is 12.9. The number of carbonyl (C=O) groups is 2. The highest BCUT2D eigenvalue weighted by atomic mass is 32.1. The minimum atomic E-state index is -0.211. The molecule has 0 radical (unpaired) electrons. The molecule has 0 spiro atoms. The molecule has 10 nitrogen and oxygen atoms in total. The van der Waals surface area contributed by atoms with E-state index in [0.717, 1.165) is 72.4 Å². The summed E-state index contributed by atoms with van der Waals surface area (Å²) in [5, 5.41) is 6.89. The van der Waals surface area contributed by atoms with Crippen LogP contribution >= 0.6 is 22.7 Å². The zero-order chi connectivity index (χ0) is 40.1. The third-order valence-corrected chi connectivity index (χ3v) is 14.2. The first-order valence-electron chi connectivity index (χ1n) is 20.4. The lowest BCUT2D eigenvalue weighted by atomic mass is 9.94. The van der Waals surface area contributed by atoms with E-state index in [2.05, 4.69) is 71.7 Å². The summed E-state index contributed by atoms with van der Waals surface area (Å²) in [5.41, 5.74) is 5.92. The van der Waals surface area contributed by atoms with Crippen molar-refractivity contribution in [3.8, 4) is 0 Å². The van der Waals surface area contributed by atoms with Crippen molar-refractivity contribution >= 4 is 34.6 Å². The number of esters is 1. The number of nitrogens with one attached hydrogen (secondary N) is 2. The van der Waals surface area contributed by atoms with Gasteiger partial charge < -0.3 is 34.6 Å². The molecule has 3 aromatic rings. The Labute approximate surface area is 338 Å². The molecule has 55 heavy (non-hydrogen) atoms. The number of nitrogens with zero attached hydrogens (tertiary/aromatic N) is 4. The van der Waals surface area contributed by atoms with Gasteiger partial charge in [0.1, 0.15) is 0 Å². The Morgan fingerprint density at radius 1 is 0.782 bits per heavy atom. The number of pyridine rings is 1. The van der Waals surface area contributed by atoms with E-state index >= 15 is 0 Å². The van der Waals surface area contributed by atoms with Crippen LogP contribution in [-0.4, -0.2) is 123 Å². The van der Waals surface area contributed by atoms with Crippen molar-refractivity contribution in [2.24, 2.45) is 0 Å². The smallest absolute Gasteiger partial charge is 0.338 e. The van der Waals surface area contributed by atoms with E-state index in [-0.39, 0.29) is 24.0 Å². The maximum absolute atomic E-state index is 12.9. The van der Waals surface area contributed by atoms with Gasteiger partial charge in [0, 0.05) is 90.7 Å². The van der Waals surface area contributed by atoms with Crippen molar-refractivity contribution < 1.29 is 14.3 Å². The van der Waals surface area contributed by atoms with Gasteiger partial charge in [0.25, 0.3) is 11.5 Å². The summed E-state index contributed by atoms with van der Waals surface area (Å²) in [5.74, 6) is 0.746. The van der Waals surface area contributed by atoms with Gasteiger partial charge in [0.05, 0.1) is 18.2 Å². The highest BCUT2D eigenvalue weighted by Gasteiger charge is 2.23. The molecule has 0 aliphatic carbocycles. The minimum Gasteiger partial charge on any atom is -0.465 e. The zero-order valence-electron chi connectivity index (χ0n) is 35.1. The third kappa shape index (κ3) is 12.8. The number of hydrogen-bond acceptors (Lipinski definition) is 10. The molecular weight excluding hydrogens is 729 g/mol. The summed E-state index contributed by atoms with van der Waals surface area (Å²) in [4.78, 5) is 52.3. The number of carbonyl (C=O) groups excluding carboxylic acids is 2. The molecule has 3 aromatic heterocycles. The molecule has 0 aromatic carbocycles. The molecule has 12 heteroatoms. The van der Waals surface area contributed by atoms with Gasteiger partial charge in [-0.05, 0) is 128 Å². The number of amides is 1. The number of hydrogen-bond donors (Lipinski definition) is 2. The summed E-state index contributed by atoms with van der Waals surface area (Å²) in [6.45, 7) is 24.4. The van der Waals surface area contributed by atoms with Crippen LogP contribution in [0.15, 0.2) is 21.6 Å². The number of likely N-dealkylation sites (N-methyl/N-ethyl adjacent to an activating group) is 2. The predicted octanol–water partition coefficient (Wildman–Crippen LogP) is 7.18. The SMILES string of the molecule is CCC(CCCN1CCN(C)CC1)c1scc(C(=O)NCc2c(C)cc(C)[nH]c2=O)c1C.CCC(CCCN1CCN(C)CC1)c1scc(C(=O)OC)c1C. The fraction of sp³-hybridized carbons (Fsp3) is 0.651. The second-order valence-corrected chi connectivity index (χ2v) is 17.5. The fourth-order valence-electron chi connectivity index (χ4n) is 7.88. The van der Waals surface area contributed by atoms with Gasteiger partial charge in [0.2, 0.25) is 0 Å². The first-order valence-corrected chi connectivity index (χ1v) is 22.2.